The molecule has 0 spiro atoms. The summed E-state index contributed by atoms with van der Waals surface area (Å²) in [7, 11) is 0. The second kappa shape index (κ2) is 11.1. The fourth-order valence-electron chi connectivity index (χ4n) is 3.51. The van der Waals surface area contributed by atoms with Gasteiger partial charge in [0.2, 0.25) is 0 Å². The summed E-state index contributed by atoms with van der Waals surface area (Å²) in [4.78, 5) is 25.9. The van der Waals surface area contributed by atoms with Crippen LogP contribution in [0, 0.1) is 0 Å². The molecule has 1 atom stereocenters. The molecule has 0 amide bonds. The van der Waals surface area contributed by atoms with Crippen LogP contribution in [0.5, 0.6) is 23.0 Å². The quantitative estimate of drug-likeness (QED) is 0.219. The highest BCUT2D eigenvalue weighted by Crippen LogP contribution is 2.44. The lowest BCUT2D eigenvalue weighted by Crippen LogP contribution is -2.38. The van der Waals surface area contributed by atoms with Gasteiger partial charge in [-0.3, -0.25) is 14.3 Å². The first-order valence-corrected chi connectivity index (χ1v) is 12.2. The van der Waals surface area contributed by atoms with Gasteiger partial charge in [-0.05, 0) is 48.0 Å². The van der Waals surface area contributed by atoms with Crippen molar-refractivity contribution in [2.24, 2.45) is 0 Å². The lowest BCUT2D eigenvalue weighted by molar-refractivity contribution is -0.275. The van der Waals surface area contributed by atoms with Crippen LogP contribution in [0.25, 0.3) is 20.7 Å². The summed E-state index contributed by atoms with van der Waals surface area (Å²) in [5.74, 6) is -2.39. The molecule has 4 rings (SSSR count). The zero-order chi connectivity index (χ0) is 31.2. The van der Waals surface area contributed by atoms with Crippen molar-refractivity contribution in [2.45, 2.75) is 31.5 Å². The van der Waals surface area contributed by atoms with Crippen LogP contribution >= 0.6 is 22.9 Å². The van der Waals surface area contributed by atoms with Gasteiger partial charge in [0.25, 0.3) is 5.56 Å². The zero-order valence-electron chi connectivity index (χ0n) is 19.9. The number of hydrogen-bond acceptors (Lipinski definition) is 7. The molecule has 2 N–H and O–H groups in total. The van der Waals surface area contributed by atoms with E-state index < -0.39 is 75.3 Å². The van der Waals surface area contributed by atoms with Gasteiger partial charge in [0.05, 0.1) is 21.8 Å². The fourth-order valence-corrected chi connectivity index (χ4v) is 5.16. The van der Waals surface area contributed by atoms with Crippen molar-refractivity contribution in [3.63, 3.8) is 0 Å². The van der Waals surface area contributed by atoms with Gasteiger partial charge < -0.3 is 19.3 Å². The molecule has 2 aromatic heterocycles. The predicted octanol–water partition coefficient (Wildman–Crippen LogP) is 6.58. The maximum atomic E-state index is 13.2. The van der Waals surface area contributed by atoms with Crippen LogP contribution in [-0.2, 0) is 6.54 Å². The number of aromatic nitrogens is 2. The first-order valence-electron chi connectivity index (χ1n) is 11.0. The molecule has 0 saturated carbocycles. The fraction of sp³-hybridized carbons (Fsp3) is 0.217. The molecule has 19 heteroatoms. The van der Waals surface area contributed by atoms with Gasteiger partial charge in [-0.1, -0.05) is 11.6 Å². The van der Waals surface area contributed by atoms with E-state index in [0.29, 0.717) is 15.9 Å². The number of rotatable bonds is 7. The molecule has 2 heterocycles. The van der Waals surface area contributed by atoms with Gasteiger partial charge in [-0.15, -0.1) is 37.7 Å². The second-order valence-electron chi connectivity index (χ2n) is 8.18. The van der Waals surface area contributed by atoms with Crippen molar-refractivity contribution < 1.29 is 58.8 Å². The van der Waals surface area contributed by atoms with E-state index in [4.69, 9.17) is 16.3 Å². The molecule has 0 saturated heterocycles. The Bertz CT molecular complexity index is 1730. The number of nitrogens with zero attached hydrogens (tertiary/aromatic N) is 1. The Balaban J connectivity index is 1.77. The summed E-state index contributed by atoms with van der Waals surface area (Å²) >= 11 is 6.74. The number of aliphatic hydroxyl groups excluding tert-OH is 1. The molecule has 226 valence electrons. The van der Waals surface area contributed by atoms with Gasteiger partial charge in [-0.25, -0.2) is 4.79 Å². The van der Waals surface area contributed by atoms with Gasteiger partial charge >= 0.3 is 24.6 Å². The Morgan fingerprint density at radius 1 is 0.881 bits per heavy atom. The third kappa shape index (κ3) is 7.11. The molecular formula is C23H12ClF9N2O6S. The molecule has 0 radical (unpaired) electrons. The summed E-state index contributed by atoms with van der Waals surface area (Å²) < 4.78 is 129. The number of nitrogens with one attached hydrogen (secondary N) is 1. The van der Waals surface area contributed by atoms with Crippen LogP contribution in [0.2, 0.25) is 5.02 Å². The number of ether oxygens (including phenoxy) is 3. The highest BCUT2D eigenvalue weighted by Gasteiger charge is 2.39. The number of halogens is 10. The average Bonchev–Trinajstić information content (AvgIpc) is 3.19. The van der Waals surface area contributed by atoms with Crippen LogP contribution < -0.4 is 25.5 Å². The van der Waals surface area contributed by atoms with Crippen molar-refractivity contribution in [1.82, 2.24) is 9.55 Å². The van der Waals surface area contributed by atoms with Crippen LogP contribution in [0.3, 0.4) is 0 Å². The van der Waals surface area contributed by atoms with Crippen LogP contribution in [-0.4, -0.2) is 39.7 Å². The monoisotopic (exact) mass is 650 g/mol. The number of aliphatic hydroxyl groups is 1. The normalized spacial score (nSPS) is 13.3. The maximum absolute atomic E-state index is 13.2. The summed E-state index contributed by atoms with van der Waals surface area (Å²) in [6, 6.07) is 6.48. The number of aromatic amines is 1. The van der Waals surface area contributed by atoms with Crippen molar-refractivity contribution in [2.75, 3.05) is 0 Å². The molecule has 2 aromatic carbocycles. The smallest absolute Gasteiger partial charge is 0.453 e. The van der Waals surface area contributed by atoms with Crippen molar-refractivity contribution >= 4 is 33.2 Å². The van der Waals surface area contributed by atoms with Crippen LogP contribution in [0.4, 0.5) is 39.5 Å². The highest BCUT2D eigenvalue weighted by atomic mass is 35.5. The predicted molar refractivity (Wildman–Crippen MR) is 129 cm³/mol. The Hall–Kier alpha value is -3.90. The Kier molecular flexibility index (Phi) is 8.18. The molecule has 1 unspecified atom stereocenters. The lowest BCUT2D eigenvalue weighted by Gasteiger charge is -2.16. The van der Waals surface area contributed by atoms with E-state index in [-0.39, 0.29) is 16.2 Å². The number of hydrogen-bond donors (Lipinski definition) is 2. The van der Waals surface area contributed by atoms with E-state index in [1.807, 2.05) is 0 Å². The number of H-pyrrole nitrogens is 1. The minimum atomic E-state index is -5.27. The van der Waals surface area contributed by atoms with E-state index in [1.54, 1.807) is 4.98 Å². The van der Waals surface area contributed by atoms with Crippen LogP contribution in [0.15, 0.2) is 52.1 Å². The zero-order valence-corrected chi connectivity index (χ0v) is 21.5. The van der Waals surface area contributed by atoms with Gasteiger partial charge in [0, 0.05) is 0 Å². The third-order valence-corrected chi connectivity index (χ3v) is 6.97. The summed E-state index contributed by atoms with van der Waals surface area (Å²) in [5.41, 5.74) is -2.57. The van der Waals surface area contributed by atoms with Crippen molar-refractivity contribution in [3.8, 4) is 33.4 Å². The molecule has 0 fully saturated rings. The van der Waals surface area contributed by atoms with Crippen molar-refractivity contribution in [1.29, 1.82) is 0 Å². The first kappa shape index (κ1) is 31.0. The number of thiophene rings is 1. The van der Waals surface area contributed by atoms with E-state index in [1.165, 1.54) is 0 Å². The van der Waals surface area contributed by atoms with Gasteiger partial charge in [0.1, 0.15) is 16.3 Å². The lowest BCUT2D eigenvalue weighted by atomic mass is 10.1. The minimum Gasteiger partial charge on any atom is -0.453 e. The number of benzene rings is 2. The molecule has 4 aromatic rings. The Morgan fingerprint density at radius 2 is 1.48 bits per heavy atom. The van der Waals surface area contributed by atoms with Crippen molar-refractivity contribution in [3.05, 3.63) is 68.3 Å². The molecule has 42 heavy (non-hydrogen) atoms. The Morgan fingerprint density at radius 3 is 2.05 bits per heavy atom. The summed E-state index contributed by atoms with van der Waals surface area (Å²) in [5, 5.41) is 8.55. The third-order valence-electron chi connectivity index (χ3n) is 5.22. The molecule has 8 nitrogen and oxygen atoms in total. The molecule has 0 bridgehead atoms. The Labute approximate surface area is 235 Å². The topological polar surface area (TPSA) is 103 Å². The molecule has 0 aliphatic heterocycles. The second-order valence-corrected chi connectivity index (χ2v) is 9.56. The first-order chi connectivity index (χ1) is 19.3. The largest absolute Gasteiger partial charge is 0.573 e. The molecule has 0 aliphatic carbocycles. The average molecular weight is 651 g/mol. The van der Waals surface area contributed by atoms with E-state index >= 15 is 0 Å². The van der Waals surface area contributed by atoms with E-state index in [2.05, 4.69) is 9.47 Å². The standard InChI is InChI=1S/C23H12ClF9N2O6S/c24-16-15-18(37)34-20(38)35(8-14(36)21(25,26)27)19(15)42-17(16)9-1-6-12(13(7-9)41-23(31,32)33)39-10-2-4-11(5-3-10)40-22(28,29)30/h1-7,14,36H,8H2,(H,34,37,38). The molecule has 0 aliphatic rings. The van der Waals surface area contributed by atoms with Gasteiger partial charge in [-0.2, -0.15) is 13.2 Å². The SMILES string of the molecule is O=c1[nH]c(=O)n(CC(O)C(F)(F)F)c2sc(-c3ccc(Oc4ccc(OC(F)(F)F)cc4)c(OC(F)(F)F)c3)c(Cl)c12. The minimum absolute atomic E-state index is 0.156. The molecular weight excluding hydrogens is 639 g/mol. The summed E-state index contributed by atoms with van der Waals surface area (Å²) in [6.07, 6.45) is -18.4. The summed E-state index contributed by atoms with van der Waals surface area (Å²) in [6.45, 7) is -1.33. The van der Waals surface area contributed by atoms with Gasteiger partial charge in [0.15, 0.2) is 17.6 Å². The van der Waals surface area contributed by atoms with E-state index in [9.17, 15) is 54.2 Å². The maximum Gasteiger partial charge on any atom is 0.573 e. The number of fused-ring (bicyclic) bond motifs is 1. The van der Waals surface area contributed by atoms with E-state index in [0.717, 1.165) is 42.5 Å². The highest BCUT2D eigenvalue weighted by molar-refractivity contribution is 7.22. The number of alkyl halides is 9. The van der Waals surface area contributed by atoms with Crippen LogP contribution in [0.1, 0.15) is 0 Å².